The highest BCUT2D eigenvalue weighted by atomic mass is 32.2. The van der Waals surface area contributed by atoms with Crippen LogP contribution in [0.5, 0.6) is 0 Å². The number of carbonyl (C=O) groups is 12. The first-order valence-corrected chi connectivity index (χ1v) is 42.1. The van der Waals surface area contributed by atoms with Crippen LogP contribution in [0.3, 0.4) is 0 Å². The molecule has 648 valence electrons. The Morgan fingerprint density at radius 3 is 1.51 bits per heavy atom. The van der Waals surface area contributed by atoms with Gasteiger partial charge in [0.15, 0.2) is 5.96 Å². The fourth-order valence-electron chi connectivity index (χ4n) is 15.8. The van der Waals surface area contributed by atoms with Crippen LogP contribution in [0.4, 0.5) is 22.7 Å². The lowest BCUT2D eigenvalue weighted by Crippen LogP contribution is -2.61. The topological polar surface area (TPSA) is 551 Å². The second kappa shape index (κ2) is 43.1. The van der Waals surface area contributed by atoms with E-state index >= 15 is 0 Å². The van der Waals surface area contributed by atoms with Gasteiger partial charge in [0.2, 0.25) is 65.0 Å². The fourth-order valence-corrected chi connectivity index (χ4v) is 16.5. The normalized spacial score (nSPS) is 19.8. The van der Waals surface area contributed by atoms with Crippen LogP contribution in [-0.4, -0.2) is 288 Å². The number of rotatable bonds is 39. The molecular formula is C80H114N20O18S. The van der Waals surface area contributed by atoms with Gasteiger partial charge in [0.1, 0.15) is 71.4 Å². The smallest absolute Gasteiger partial charge is 0.295 e. The van der Waals surface area contributed by atoms with Crippen molar-refractivity contribution in [2.75, 3.05) is 96.4 Å². The zero-order chi connectivity index (χ0) is 86.4. The standard InChI is InChI=1S/C80H114N20O18S/c1-47(2)44-58(89-73(109)63-23-13-41-98(63)79(115)67(48(3)103)92-68(104)49-27-29-50(30-28-49)93-94-51-31-33-52(34-32-51)95(4)5)71(107)87-57(18-6-7-35-81)70(106)90-59(45-101)76(112)99-42-14-24-64(99)78(114)100-43-15-25-65(100)77(113)97-40-12-22-62(97)74(110)91-60(46-102)75(111)96-39-11-21-61(96)72(108)88-56(20-10-36-86-80(82)83)69(105)85-38-37-84-55-19-8-17-54-53(55)16-9-26-66(54)119(116,117)118/h8-9,16-17,19,26-34,47-48,56-65,67,84,101-103H,6-7,10-15,18,20-25,35-46,81H2,1-5H3,(H,85,105)(H,87,107)(H,88,108)(H,89,109)(H,90,106)(H,91,110)(H,92,104)(H4,82,83,86)(H,116,117,118)/t48-,56+,57+,58+,59+,60+,61+,62+,63+,64+,65+,67+/m1/s1. The Labute approximate surface area is 691 Å². The molecule has 0 spiro atoms. The van der Waals surface area contributed by atoms with E-state index in [4.69, 9.17) is 17.2 Å². The van der Waals surface area contributed by atoms with Crippen molar-refractivity contribution in [1.29, 1.82) is 0 Å². The summed E-state index contributed by atoms with van der Waals surface area (Å²) in [6.45, 7) is 4.00. The second-order valence-corrected chi connectivity index (χ2v) is 32.6. The van der Waals surface area contributed by atoms with Gasteiger partial charge in [-0.25, -0.2) is 0 Å². The number of nitrogens with one attached hydrogen (secondary N) is 8. The number of aliphatic hydroxyl groups is 3. The second-order valence-electron chi connectivity index (χ2n) is 31.2. The summed E-state index contributed by atoms with van der Waals surface area (Å²) in [5.74, 6) is -8.99. The molecule has 18 N–H and O–H groups in total. The first-order valence-electron chi connectivity index (χ1n) is 40.6. The summed E-state index contributed by atoms with van der Waals surface area (Å²) in [6.07, 6.45) is 2.32. The largest absolute Gasteiger partial charge is 0.394 e. The highest BCUT2D eigenvalue weighted by Crippen LogP contribution is 2.32. The number of benzene rings is 4. The monoisotopic (exact) mass is 1670 g/mol. The molecule has 5 aliphatic rings. The fraction of sp³-hybridized carbons (Fsp3) is 0.562. The molecule has 4 aromatic rings. The number of hydrogen-bond donors (Lipinski definition) is 15. The first kappa shape index (κ1) is 91.9. The highest BCUT2D eigenvalue weighted by molar-refractivity contribution is 7.86. The molecule has 12 amide bonds. The number of hydrogen-bond acceptors (Lipinski definition) is 23. The van der Waals surface area contributed by atoms with Gasteiger partial charge >= 0.3 is 0 Å². The Kier molecular flexibility index (Phi) is 33.3. The maximum absolute atomic E-state index is 14.8. The van der Waals surface area contributed by atoms with Crippen LogP contribution in [0.25, 0.3) is 10.8 Å². The summed E-state index contributed by atoms with van der Waals surface area (Å²) in [7, 11) is -0.694. The van der Waals surface area contributed by atoms with E-state index in [1.807, 2.05) is 57.1 Å². The van der Waals surface area contributed by atoms with Crippen molar-refractivity contribution >= 4 is 120 Å². The van der Waals surface area contributed by atoms with Crippen molar-refractivity contribution in [1.82, 2.24) is 61.7 Å². The van der Waals surface area contributed by atoms with E-state index in [9.17, 15) is 85.8 Å². The van der Waals surface area contributed by atoms with Gasteiger partial charge in [0, 0.05) is 94.2 Å². The van der Waals surface area contributed by atoms with Crippen LogP contribution >= 0.6 is 0 Å². The molecule has 5 aliphatic heterocycles. The van der Waals surface area contributed by atoms with Crippen LogP contribution in [-0.2, 0) is 62.9 Å². The van der Waals surface area contributed by atoms with E-state index in [1.165, 1.54) is 55.7 Å². The Morgan fingerprint density at radius 1 is 0.521 bits per heavy atom. The van der Waals surface area contributed by atoms with Gasteiger partial charge in [-0.05, 0) is 183 Å². The number of aliphatic imine (C=N–C) groups is 1. The number of anilines is 2. The molecule has 0 radical (unpaired) electrons. The molecule has 0 bridgehead atoms. The lowest BCUT2D eigenvalue weighted by molar-refractivity contribution is -0.151. The van der Waals surface area contributed by atoms with Crippen molar-refractivity contribution in [3.8, 4) is 0 Å². The SMILES string of the molecule is CC(C)C[C@H](NC(=O)[C@@H]1CCCN1C(=O)[C@@H](NC(=O)c1ccc(N=Nc2ccc(N(C)C)cc2)cc1)[C@@H](C)O)C(=O)N[C@@H](CCCCN)C(=O)N[C@@H](CO)C(=O)N1CCC[C@H]1C(=O)N1CCC[C@H]1C(=O)N1CCC[C@H]1C(=O)N[C@@H](CO)C(=O)N1CCC[C@H]1C(=O)N[C@@H](CCCN=C(N)N)C(=O)NCCNc1cccc2c(S(=O)(=O)O)cccc12. The van der Waals surface area contributed by atoms with Crippen molar-refractivity contribution in [2.45, 2.75) is 201 Å². The third-order valence-corrected chi connectivity index (χ3v) is 22.9. The van der Waals surface area contributed by atoms with Gasteiger partial charge in [0.25, 0.3) is 16.0 Å². The molecule has 0 aromatic heterocycles. The molecule has 119 heavy (non-hydrogen) atoms. The maximum atomic E-state index is 14.8. The molecule has 39 heteroatoms. The molecule has 5 heterocycles. The van der Waals surface area contributed by atoms with E-state index in [-0.39, 0.29) is 144 Å². The van der Waals surface area contributed by atoms with Crippen molar-refractivity contribution < 1.29 is 85.8 Å². The van der Waals surface area contributed by atoms with E-state index in [2.05, 4.69) is 57.8 Å². The number of unbranched alkanes of at least 4 members (excludes halogenated alkanes) is 1. The lowest BCUT2D eigenvalue weighted by Gasteiger charge is -2.35. The average molecular weight is 1680 g/mol. The minimum absolute atomic E-state index is 0.00170. The first-order chi connectivity index (χ1) is 56.8. The van der Waals surface area contributed by atoms with Crippen LogP contribution < -0.4 is 64.6 Å². The van der Waals surface area contributed by atoms with E-state index in [0.717, 1.165) is 5.69 Å². The van der Waals surface area contributed by atoms with Gasteiger partial charge < -0.3 is 104 Å². The van der Waals surface area contributed by atoms with Gasteiger partial charge in [0.05, 0.1) is 30.7 Å². The Morgan fingerprint density at radius 2 is 0.975 bits per heavy atom. The Bertz CT molecular complexity index is 4460. The molecular weight excluding hydrogens is 1560 g/mol. The third kappa shape index (κ3) is 24.2. The number of nitrogens with zero attached hydrogens (tertiary/aromatic N) is 9. The molecule has 4 aromatic carbocycles. The van der Waals surface area contributed by atoms with Gasteiger partial charge in [-0.1, -0.05) is 38.1 Å². The van der Waals surface area contributed by atoms with Gasteiger partial charge in [-0.3, -0.25) is 67.1 Å². The molecule has 12 atom stereocenters. The zero-order valence-electron chi connectivity index (χ0n) is 67.8. The van der Waals surface area contributed by atoms with Gasteiger partial charge in [-0.15, -0.1) is 0 Å². The molecule has 5 fully saturated rings. The summed E-state index contributed by atoms with van der Waals surface area (Å²) in [6, 6.07) is 8.70. The predicted molar refractivity (Wildman–Crippen MR) is 439 cm³/mol. The maximum Gasteiger partial charge on any atom is 0.295 e. The van der Waals surface area contributed by atoms with E-state index in [1.54, 1.807) is 36.4 Å². The summed E-state index contributed by atoms with van der Waals surface area (Å²) >= 11 is 0. The Hall–Kier alpha value is -11.0. The Balaban J connectivity index is 0.779. The quantitative estimate of drug-likeness (QED) is 0.00909. The minimum atomic E-state index is -4.54. The molecule has 38 nitrogen and oxygen atoms in total. The number of azo groups is 1. The number of carbonyl (C=O) groups excluding carboxylic acids is 12. The minimum Gasteiger partial charge on any atom is -0.394 e. The van der Waals surface area contributed by atoms with Crippen molar-refractivity contribution in [2.24, 2.45) is 38.3 Å². The molecule has 0 unspecified atom stereocenters. The molecule has 0 saturated carbocycles. The lowest BCUT2D eigenvalue weighted by atomic mass is 10.0. The number of likely N-dealkylation sites (tertiary alicyclic amines) is 5. The summed E-state index contributed by atoms with van der Waals surface area (Å²) < 4.78 is 33.9. The number of amides is 12. The summed E-state index contributed by atoms with van der Waals surface area (Å²) in [5, 5.41) is 63.7. The van der Waals surface area contributed by atoms with Crippen LogP contribution in [0.2, 0.25) is 0 Å². The number of fused-ring (bicyclic) bond motifs is 1. The van der Waals surface area contributed by atoms with Crippen LogP contribution in [0.15, 0.2) is 105 Å². The van der Waals surface area contributed by atoms with Crippen LogP contribution in [0, 0.1) is 5.92 Å². The zero-order valence-corrected chi connectivity index (χ0v) is 68.7. The van der Waals surface area contributed by atoms with E-state index in [0.29, 0.717) is 67.4 Å². The molecule has 9 rings (SSSR count). The third-order valence-electron chi connectivity index (χ3n) is 22.0. The predicted octanol–water partition coefficient (Wildman–Crippen LogP) is -0.132. The number of nitrogens with two attached hydrogens (primary N) is 3. The summed E-state index contributed by atoms with van der Waals surface area (Å²) in [5.41, 5.74) is 19.6. The number of guanidine groups is 1. The number of aliphatic hydroxyl groups excluding tert-OH is 3. The van der Waals surface area contributed by atoms with E-state index < -0.39 is 167 Å². The molecule has 0 aliphatic carbocycles. The van der Waals surface area contributed by atoms with Crippen molar-refractivity contribution in [3.63, 3.8) is 0 Å². The van der Waals surface area contributed by atoms with Crippen molar-refractivity contribution in [3.05, 3.63) is 90.5 Å². The van der Waals surface area contributed by atoms with Crippen LogP contribution in [0.1, 0.15) is 134 Å². The average Bonchev–Trinajstić information content (AvgIpc) is 1.48. The highest BCUT2D eigenvalue weighted by Gasteiger charge is 2.49. The molecule has 5 saturated heterocycles. The van der Waals surface area contributed by atoms with Gasteiger partial charge in [-0.2, -0.15) is 18.6 Å². The summed E-state index contributed by atoms with van der Waals surface area (Å²) in [4.78, 5) is 184.